The van der Waals surface area contributed by atoms with Gasteiger partial charge in [-0.15, -0.1) is 0 Å². The van der Waals surface area contributed by atoms with Gasteiger partial charge in [0.25, 0.3) is 0 Å². The Hall–Kier alpha value is -0.120. The van der Waals surface area contributed by atoms with Gasteiger partial charge in [-0.1, -0.05) is 13.8 Å². The minimum Gasteiger partial charge on any atom is -0.317 e. The lowest BCUT2D eigenvalue weighted by Crippen LogP contribution is -2.57. The van der Waals surface area contributed by atoms with Gasteiger partial charge >= 0.3 is 0 Å². The topological polar surface area (TPSA) is 18.5 Å². The number of hydrogen-bond donors (Lipinski definition) is 1. The highest BCUT2D eigenvalue weighted by Gasteiger charge is 2.32. The number of nitrogens with one attached hydrogen (secondary N) is 1. The van der Waals surface area contributed by atoms with Crippen molar-refractivity contribution in [1.82, 2.24) is 15.1 Å². The zero-order chi connectivity index (χ0) is 13.9. The van der Waals surface area contributed by atoms with Crippen LogP contribution in [0.25, 0.3) is 0 Å². The van der Waals surface area contributed by atoms with Crippen molar-refractivity contribution in [3.8, 4) is 0 Å². The van der Waals surface area contributed by atoms with E-state index in [2.05, 4.69) is 42.8 Å². The number of piperazine rings is 1. The number of piperidine rings is 1. The summed E-state index contributed by atoms with van der Waals surface area (Å²) in [6.45, 7) is 18.3. The van der Waals surface area contributed by atoms with Gasteiger partial charge in [0.2, 0.25) is 0 Å². The number of nitrogens with zero attached hydrogens (tertiary/aromatic N) is 2. The summed E-state index contributed by atoms with van der Waals surface area (Å²) < 4.78 is 0. The summed E-state index contributed by atoms with van der Waals surface area (Å²) in [5, 5.41) is 3.46. The van der Waals surface area contributed by atoms with Crippen LogP contribution in [0.15, 0.2) is 0 Å². The largest absolute Gasteiger partial charge is 0.317 e. The fourth-order valence-electron chi connectivity index (χ4n) is 3.30. The average Bonchev–Trinajstić information content (AvgIpc) is 2.40. The summed E-state index contributed by atoms with van der Waals surface area (Å²) in [6.07, 6.45) is 2.75. The molecule has 2 fully saturated rings. The zero-order valence-electron chi connectivity index (χ0n) is 13.4. The second-order valence-electron chi connectivity index (χ2n) is 7.29. The standard InChI is InChI=1S/C16H33N3/c1-14(2)16(3,4)19-11-9-18(10-12-19)13-15-5-7-17-8-6-15/h14-15,17H,5-13H2,1-4H3. The van der Waals surface area contributed by atoms with Crippen LogP contribution < -0.4 is 5.32 Å². The minimum atomic E-state index is 0.348. The predicted octanol–water partition coefficient (Wildman–Crippen LogP) is 2.04. The third kappa shape index (κ3) is 3.93. The molecule has 0 atom stereocenters. The maximum absolute atomic E-state index is 3.46. The summed E-state index contributed by atoms with van der Waals surface area (Å²) in [4.78, 5) is 5.39. The van der Waals surface area contributed by atoms with Crippen molar-refractivity contribution >= 4 is 0 Å². The maximum atomic E-state index is 3.46. The van der Waals surface area contributed by atoms with Gasteiger partial charge in [-0.2, -0.15) is 0 Å². The molecule has 1 N–H and O–H groups in total. The van der Waals surface area contributed by atoms with Crippen LogP contribution in [0.1, 0.15) is 40.5 Å². The third-order valence-corrected chi connectivity index (χ3v) is 5.58. The molecule has 0 amide bonds. The molecule has 0 bridgehead atoms. The first kappa shape index (κ1) is 15.3. The highest BCUT2D eigenvalue weighted by Crippen LogP contribution is 2.25. The van der Waals surface area contributed by atoms with E-state index in [0.717, 1.165) is 11.8 Å². The van der Waals surface area contributed by atoms with E-state index in [1.54, 1.807) is 0 Å². The van der Waals surface area contributed by atoms with Crippen molar-refractivity contribution < 1.29 is 0 Å². The van der Waals surface area contributed by atoms with Crippen molar-refractivity contribution in [2.24, 2.45) is 11.8 Å². The molecule has 0 spiro atoms. The van der Waals surface area contributed by atoms with Gasteiger partial charge in [0, 0.05) is 38.3 Å². The van der Waals surface area contributed by atoms with Crippen molar-refractivity contribution in [3.63, 3.8) is 0 Å². The summed E-state index contributed by atoms with van der Waals surface area (Å²) >= 11 is 0. The predicted molar refractivity (Wildman–Crippen MR) is 82.5 cm³/mol. The fourth-order valence-corrected chi connectivity index (χ4v) is 3.30. The molecule has 0 aromatic rings. The molecule has 0 unspecified atom stereocenters. The molecule has 19 heavy (non-hydrogen) atoms. The Labute approximate surface area is 119 Å². The molecule has 2 heterocycles. The molecule has 112 valence electrons. The first-order chi connectivity index (χ1) is 9.00. The first-order valence-corrected chi connectivity index (χ1v) is 8.18. The third-order valence-electron chi connectivity index (χ3n) is 5.58. The molecule has 3 nitrogen and oxygen atoms in total. The Morgan fingerprint density at radius 2 is 1.63 bits per heavy atom. The summed E-state index contributed by atoms with van der Waals surface area (Å²) in [7, 11) is 0. The van der Waals surface area contributed by atoms with Gasteiger partial charge in [-0.25, -0.2) is 0 Å². The van der Waals surface area contributed by atoms with E-state index in [1.807, 2.05) is 0 Å². The van der Waals surface area contributed by atoms with Crippen molar-refractivity contribution in [1.29, 1.82) is 0 Å². The molecule has 0 saturated carbocycles. The highest BCUT2D eigenvalue weighted by molar-refractivity contribution is 4.88. The maximum Gasteiger partial charge on any atom is 0.0177 e. The van der Waals surface area contributed by atoms with Crippen LogP contribution in [-0.2, 0) is 0 Å². The number of rotatable bonds is 4. The Balaban J connectivity index is 1.76. The molecular formula is C16H33N3. The quantitative estimate of drug-likeness (QED) is 0.841. The van der Waals surface area contributed by atoms with Crippen LogP contribution in [0.2, 0.25) is 0 Å². The van der Waals surface area contributed by atoms with Crippen LogP contribution in [0.4, 0.5) is 0 Å². The van der Waals surface area contributed by atoms with Crippen molar-refractivity contribution in [3.05, 3.63) is 0 Å². The van der Waals surface area contributed by atoms with Crippen LogP contribution in [0.5, 0.6) is 0 Å². The van der Waals surface area contributed by atoms with E-state index < -0.39 is 0 Å². The van der Waals surface area contributed by atoms with E-state index >= 15 is 0 Å². The summed E-state index contributed by atoms with van der Waals surface area (Å²) in [5.41, 5.74) is 0.348. The average molecular weight is 267 g/mol. The second kappa shape index (κ2) is 6.55. The molecule has 3 heteroatoms. The molecule has 2 aliphatic heterocycles. The molecule has 0 aliphatic carbocycles. The summed E-state index contributed by atoms with van der Waals surface area (Å²) in [5.74, 6) is 1.66. The fraction of sp³-hybridized carbons (Fsp3) is 1.00. The van der Waals surface area contributed by atoms with Crippen LogP contribution in [-0.4, -0.2) is 61.2 Å². The highest BCUT2D eigenvalue weighted by atomic mass is 15.3. The van der Waals surface area contributed by atoms with E-state index in [0.29, 0.717) is 5.54 Å². The van der Waals surface area contributed by atoms with Gasteiger partial charge in [-0.05, 0) is 51.6 Å². The van der Waals surface area contributed by atoms with E-state index in [9.17, 15) is 0 Å². The normalized spacial score (nSPS) is 25.1. The Bertz CT molecular complexity index is 261. The first-order valence-electron chi connectivity index (χ1n) is 8.18. The van der Waals surface area contributed by atoms with E-state index in [-0.39, 0.29) is 0 Å². The van der Waals surface area contributed by atoms with Gasteiger partial charge < -0.3 is 10.2 Å². The van der Waals surface area contributed by atoms with Crippen LogP contribution in [0, 0.1) is 11.8 Å². The van der Waals surface area contributed by atoms with Gasteiger partial charge in [0.15, 0.2) is 0 Å². The Morgan fingerprint density at radius 1 is 1.05 bits per heavy atom. The molecule has 2 aliphatic rings. The lowest BCUT2D eigenvalue weighted by Gasteiger charge is -2.47. The zero-order valence-corrected chi connectivity index (χ0v) is 13.4. The van der Waals surface area contributed by atoms with E-state index in [1.165, 1.54) is 58.7 Å². The monoisotopic (exact) mass is 267 g/mol. The van der Waals surface area contributed by atoms with Crippen molar-refractivity contribution in [2.45, 2.75) is 46.1 Å². The summed E-state index contributed by atoms with van der Waals surface area (Å²) in [6, 6.07) is 0. The SMILES string of the molecule is CC(C)C(C)(C)N1CCN(CC2CCNCC2)CC1. The van der Waals surface area contributed by atoms with Gasteiger partial charge in [0.1, 0.15) is 0 Å². The van der Waals surface area contributed by atoms with Crippen LogP contribution >= 0.6 is 0 Å². The smallest absolute Gasteiger partial charge is 0.0177 e. The molecule has 2 rings (SSSR count). The molecule has 0 radical (unpaired) electrons. The molecule has 0 aromatic heterocycles. The minimum absolute atomic E-state index is 0.348. The molecular weight excluding hydrogens is 234 g/mol. The Morgan fingerprint density at radius 3 is 2.16 bits per heavy atom. The lowest BCUT2D eigenvalue weighted by molar-refractivity contribution is 0.0197. The lowest BCUT2D eigenvalue weighted by atomic mass is 9.88. The molecule has 0 aromatic carbocycles. The van der Waals surface area contributed by atoms with Gasteiger partial charge in [0.05, 0.1) is 0 Å². The molecule has 2 saturated heterocycles. The van der Waals surface area contributed by atoms with Crippen molar-refractivity contribution in [2.75, 3.05) is 45.8 Å². The van der Waals surface area contributed by atoms with Crippen LogP contribution in [0.3, 0.4) is 0 Å². The van der Waals surface area contributed by atoms with E-state index in [4.69, 9.17) is 0 Å². The second-order valence-corrected chi connectivity index (χ2v) is 7.29. The Kier molecular flexibility index (Phi) is 5.27. The van der Waals surface area contributed by atoms with Gasteiger partial charge in [-0.3, -0.25) is 4.90 Å². The number of hydrogen-bond acceptors (Lipinski definition) is 3.